The lowest BCUT2D eigenvalue weighted by Gasteiger charge is -2.23. The molecule has 2 N–H and O–H groups in total. The number of carbonyl (C=O) groups excluding carboxylic acids is 2. The van der Waals surface area contributed by atoms with Gasteiger partial charge in [-0.1, -0.05) is 30.9 Å². The van der Waals surface area contributed by atoms with E-state index in [1.54, 1.807) is 6.07 Å². The van der Waals surface area contributed by atoms with Gasteiger partial charge in [-0.05, 0) is 43.2 Å². The van der Waals surface area contributed by atoms with Gasteiger partial charge in [0.25, 0.3) is 11.8 Å². The smallest absolute Gasteiger partial charge is 0.258 e. The van der Waals surface area contributed by atoms with Gasteiger partial charge in [0.05, 0.1) is 23.3 Å². The number of halogens is 2. The third-order valence-corrected chi connectivity index (χ3v) is 5.16. The summed E-state index contributed by atoms with van der Waals surface area (Å²) < 4.78 is 19.0. The van der Waals surface area contributed by atoms with Crippen molar-refractivity contribution in [3.8, 4) is 5.75 Å². The molecule has 148 valence electrons. The molecule has 2 aromatic carbocycles. The Morgan fingerprint density at radius 2 is 1.79 bits per heavy atom. The van der Waals surface area contributed by atoms with Crippen molar-refractivity contribution in [2.75, 3.05) is 12.4 Å². The summed E-state index contributed by atoms with van der Waals surface area (Å²) in [6.45, 7) is 0. The minimum atomic E-state index is -0.693. The van der Waals surface area contributed by atoms with Gasteiger partial charge >= 0.3 is 0 Å². The molecule has 0 radical (unpaired) electrons. The summed E-state index contributed by atoms with van der Waals surface area (Å²) in [4.78, 5) is 25.0. The summed E-state index contributed by atoms with van der Waals surface area (Å²) in [6, 6.07) is 8.73. The minimum Gasteiger partial charge on any atom is -0.497 e. The molecule has 1 fully saturated rings. The number of nitrogens with one attached hydrogen (secondary N) is 2. The molecule has 0 unspecified atom stereocenters. The Hall–Kier alpha value is -2.60. The van der Waals surface area contributed by atoms with Crippen molar-refractivity contribution in [1.29, 1.82) is 0 Å². The zero-order valence-corrected chi connectivity index (χ0v) is 16.3. The van der Waals surface area contributed by atoms with Gasteiger partial charge in [-0.25, -0.2) is 4.39 Å². The molecule has 0 aromatic heterocycles. The van der Waals surface area contributed by atoms with Crippen molar-refractivity contribution in [2.45, 2.75) is 38.1 Å². The van der Waals surface area contributed by atoms with E-state index in [0.717, 1.165) is 31.7 Å². The van der Waals surface area contributed by atoms with Crippen molar-refractivity contribution >= 4 is 29.1 Å². The van der Waals surface area contributed by atoms with Crippen LogP contribution in [0.4, 0.5) is 10.1 Å². The van der Waals surface area contributed by atoms with Crippen LogP contribution < -0.4 is 15.4 Å². The van der Waals surface area contributed by atoms with Gasteiger partial charge < -0.3 is 15.4 Å². The van der Waals surface area contributed by atoms with E-state index >= 15 is 0 Å². The maximum absolute atomic E-state index is 14.1. The van der Waals surface area contributed by atoms with Crippen LogP contribution in [0.1, 0.15) is 52.8 Å². The molecule has 0 heterocycles. The molecule has 1 aliphatic carbocycles. The summed E-state index contributed by atoms with van der Waals surface area (Å²) in [5.74, 6) is -1.27. The SMILES string of the molecule is COc1ccc(C(=O)Nc2ccc(Cl)c(C(=O)NC3CCCCC3)c2)c(F)c1. The highest BCUT2D eigenvalue weighted by Gasteiger charge is 2.19. The Bertz CT molecular complexity index is 882. The predicted molar refractivity (Wildman–Crippen MR) is 107 cm³/mol. The monoisotopic (exact) mass is 404 g/mol. The van der Waals surface area contributed by atoms with E-state index in [2.05, 4.69) is 10.6 Å². The predicted octanol–water partition coefficient (Wildman–Crippen LogP) is 4.80. The number of benzene rings is 2. The first-order valence-corrected chi connectivity index (χ1v) is 9.61. The van der Waals surface area contributed by atoms with Gasteiger partial charge in [-0.3, -0.25) is 9.59 Å². The van der Waals surface area contributed by atoms with Crippen LogP contribution in [0.25, 0.3) is 0 Å². The van der Waals surface area contributed by atoms with Gasteiger partial charge in [-0.15, -0.1) is 0 Å². The maximum Gasteiger partial charge on any atom is 0.258 e. The average Bonchev–Trinajstić information content (AvgIpc) is 2.69. The van der Waals surface area contributed by atoms with Crippen LogP contribution in [0.3, 0.4) is 0 Å². The van der Waals surface area contributed by atoms with Gasteiger partial charge in [0, 0.05) is 17.8 Å². The van der Waals surface area contributed by atoms with E-state index in [0.29, 0.717) is 16.5 Å². The molecule has 5 nitrogen and oxygen atoms in total. The van der Waals surface area contributed by atoms with Crippen LogP contribution in [0.15, 0.2) is 36.4 Å². The Morgan fingerprint density at radius 1 is 1.04 bits per heavy atom. The topological polar surface area (TPSA) is 67.4 Å². The summed E-state index contributed by atoms with van der Waals surface area (Å²) in [5, 5.41) is 5.90. The number of hydrogen-bond donors (Lipinski definition) is 2. The molecule has 1 saturated carbocycles. The number of carbonyl (C=O) groups is 2. The fraction of sp³-hybridized carbons (Fsp3) is 0.333. The fourth-order valence-corrected chi connectivity index (χ4v) is 3.50. The zero-order chi connectivity index (χ0) is 20.1. The van der Waals surface area contributed by atoms with E-state index in [1.165, 1.54) is 37.8 Å². The molecular weight excluding hydrogens is 383 g/mol. The zero-order valence-electron chi connectivity index (χ0n) is 15.6. The van der Waals surface area contributed by atoms with Gasteiger partial charge in [0.2, 0.25) is 0 Å². The standard InChI is InChI=1S/C21H22ClFN2O3/c1-28-15-8-9-16(19(23)12-15)20(26)25-14-7-10-18(22)17(11-14)21(27)24-13-5-3-2-4-6-13/h7-13H,2-6H2,1H3,(H,24,27)(H,25,26). The second-order valence-electron chi connectivity index (χ2n) is 6.80. The molecule has 2 amide bonds. The first kappa shape index (κ1) is 20.1. The van der Waals surface area contributed by atoms with E-state index in [4.69, 9.17) is 16.3 Å². The van der Waals surface area contributed by atoms with E-state index in [1.807, 2.05) is 0 Å². The van der Waals surface area contributed by atoms with Crippen LogP contribution in [-0.4, -0.2) is 25.0 Å². The summed E-state index contributed by atoms with van der Waals surface area (Å²) in [7, 11) is 1.42. The lowest BCUT2D eigenvalue weighted by molar-refractivity contribution is 0.0926. The van der Waals surface area contributed by atoms with Crippen molar-refractivity contribution in [2.24, 2.45) is 0 Å². The Kier molecular flexibility index (Phi) is 6.52. The fourth-order valence-electron chi connectivity index (χ4n) is 3.29. The summed E-state index contributed by atoms with van der Waals surface area (Å²) in [6.07, 6.45) is 5.30. The normalized spacial score (nSPS) is 14.4. The van der Waals surface area contributed by atoms with Gasteiger partial charge in [0.1, 0.15) is 11.6 Å². The summed E-state index contributed by atoms with van der Waals surface area (Å²) in [5.41, 5.74) is 0.516. The number of anilines is 1. The molecular formula is C21H22ClFN2O3. The molecule has 3 rings (SSSR count). The number of hydrogen-bond acceptors (Lipinski definition) is 3. The number of methoxy groups -OCH3 is 1. The molecule has 0 bridgehead atoms. The first-order chi connectivity index (χ1) is 13.5. The second-order valence-corrected chi connectivity index (χ2v) is 7.21. The largest absolute Gasteiger partial charge is 0.497 e. The highest BCUT2D eigenvalue weighted by Crippen LogP contribution is 2.24. The molecule has 0 saturated heterocycles. The van der Waals surface area contributed by atoms with Gasteiger partial charge in [-0.2, -0.15) is 0 Å². The van der Waals surface area contributed by atoms with Crippen molar-refractivity contribution in [3.63, 3.8) is 0 Å². The van der Waals surface area contributed by atoms with Crippen molar-refractivity contribution < 1.29 is 18.7 Å². The van der Waals surface area contributed by atoms with Gasteiger partial charge in [0.15, 0.2) is 0 Å². The van der Waals surface area contributed by atoms with Crippen LogP contribution in [0, 0.1) is 5.82 Å². The van der Waals surface area contributed by atoms with E-state index in [9.17, 15) is 14.0 Å². The van der Waals surface area contributed by atoms with E-state index in [-0.39, 0.29) is 23.1 Å². The quantitative estimate of drug-likeness (QED) is 0.752. The highest BCUT2D eigenvalue weighted by molar-refractivity contribution is 6.34. The molecule has 0 atom stereocenters. The number of ether oxygens (including phenoxy) is 1. The van der Waals surface area contributed by atoms with Crippen LogP contribution in [0.5, 0.6) is 5.75 Å². The summed E-state index contributed by atoms with van der Waals surface area (Å²) >= 11 is 6.17. The molecule has 28 heavy (non-hydrogen) atoms. The van der Waals surface area contributed by atoms with Crippen LogP contribution in [0.2, 0.25) is 5.02 Å². The average molecular weight is 405 g/mol. The van der Waals surface area contributed by atoms with Crippen LogP contribution in [-0.2, 0) is 0 Å². The molecule has 0 spiro atoms. The maximum atomic E-state index is 14.1. The van der Waals surface area contributed by atoms with Crippen LogP contribution >= 0.6 is 11.6 Å². The number of amides is 2. The highest BCUT2D eigenvalue weighted by atomic mass is 35.5. The van der Waals surface area contributed by atoms with Crippen molar-refractivity contribution in [3.05, 3.63) is 58.4 Å². The number of rotatable bonds is 5. The minimum absolute atomic E-state index is 0.121. The lowest BCUT2D eigenvalue weighted by Crippen LogP contribution is -2.36. The molecule has 2 aromatic rings. The lowest BCUT2D eigenvalue weighted by atomic mass is 9.95. The third kappa shape index (κ3) is 4.81. The molecule has 1 aliphatic rings. The second kappa shape index (κ2) is 9.06. The first-order valence-electron chi connectivity index (χ1n) is 9.23. The molecule has 0 aliphatic heterocycles. The van der Waals surface area contributed by atoms with Crippen molar-refractivity contribution in [1.82, 2.24) is 5.32 Å². The third-order valence-electron chi connectivity index (χ3n) is 4.83. The van der Waals surface area contributed by atoms with E-state index < -0.39 is 11.7 Å². The Morgan fingerprint density at radius 3 is 2.46 bits per heavy atom. The molecule has 7 heteroatoms. The Labute approximate surface area is 168 Å². The Balaban J connectivity index is 1.73.